The van der Waals surface area contributed by atoms with Crippen molar-refractivity contribution in [1.82, 2.24) is 0 Å². The van der Waals surface area contributed by atoms with Crippen LogP contribution in [0.25, 0.3) is 0 Å². The van der Waals surface area contributed by atoms with E-state index in [4.69, 9.17) is 4.74 Å². The molecule has 0 atom stereocenters. The Balaban J connectivity index is 2.21. The number of benzene rings is 1. The Hall–Kier alpha value is -0.920. The topological polar surface area (TPSA) is 33.0 Å². The van der Waals surface area contributed by atoms with Crippen molar-refractivity contribution in [2.75, 3.05) is 13.2 Å². The lowest BCUT2D eigenvalue weighted by Gasteiger charge is -2.31. The Labute approximate surface area is 109 Å². The highest BCUT2D eigenvalue weighted by Crippen LogP contribution is 2.35. The van der Waals surface area contributed by atoms with E-state index >= 15 is 0 Å². The third-order valence-corrected chi connectivity index (χ3v) is 3.97. The minimum Gasteiger partial charge on any atom is -0.381 e. The van der Waals surface area contributed by atoms with E-state index in [0.29, 0.717) is 19.6 Å². The molecule has 0 aliphatic carbocycles. The Kier molecular flexibility index (Phi) is 3.80. The fourth-order valence-corrected chi connectivity index (χ4v) is 2.61. The van der Waals surface area contributed by atoms with Gasteiger partial charge in [0.2, 0.25) is 0 Å². The molecular weight excluding hydrogens is 285 g/mol. The second-order valence-electron chi connectivity index (χ2n) is 4.42. The molecule has 0 bridgehead atoms. The largest absolute Gasteiger partial charge is 0.381 e. The molecule has 0 N–H and O–H groups in total. The summed E-state index contributed by atoms with van der Waals surface area (Å²) in [6, 6.07) is 7.04. The molecule has 2 rings (SSSR count). The van der Waals surface area contributed by atoms with Gasteiger partial charge in [0.05, 0.1) is 11.5 Å². The molecular formula is C13H13BrFNO. The van der Waals surface area contributed by atoms with Gasteiger partial charge in [0.15, 0.2) is 0 Å². The molecule has 17 heavy (non-hydrogen) atoms. The van der Waals surface area contributed by atoms with Crippen LogP contribution in [0.5, 0.6) is 0 Å². The van der Waals surface area contributed by atoms with Gasteiger partial charge in [-0.2, -0.15) is 5.26 Å². The van der Waals surface area contributed by atoms with Crippen molar-refractivity contribution in [3.63, 3.8) is 0 Å². The highest BCUT2D eigenvalue weighted by molar-refractivity contribution is 9.10. The van der Waals surface area contributed by atoms with Gasteiger partial charge in [0.1, 0.15) is 5.82 Å². The summed E-state index contributed by atoms with van der Waals surface area (Å²) in [5, 5.41) is 9.35. The summed E-state index contributed by atoms with van der Waals surface area (Å²) in [7, 11) is 0. The Morgan fingerprint density at radius 1 is 1.41 bits per heavy atom. The van der Waals surface area contributed by atoms with Gasteiger partial charge in [-0.1, -0.05) is 22.0 Å². The van der Waals surface area contributed by atoms with Crippen LogP contribution in [0, 0.1) is 22.6 Å². The summed E-state index contributed by atoms with van der Waals surface area (Å²) in [5.74, 6) is -0.265. The monoisotopic (exact) mass is 297 g/mol. The van der Waals surface area contributed by atoms with E-state index in [1.807, 2.05) is 0 Å². The van der Waals surface area contributed by atoms with Crippen LogP contribution in [0.15, 0.2) is 22.7 Å². The Morgan fingerprint density at radius 3 is 2.71 bits per heavy atom. The first-order valence-electron chi connectivity index (χ1n) is 5.58. The van der Waals surface area contributed by atoms with Crippen LogP contribution in [0.3, 0.4) is 0 Å². The van der Waals surface area contributed by atoms with Crippen molar-refractivity contribution < 1.29 is 9.13 Å². The molecule has 0 aromatic heterocycles. The molecule has 4 heteroatoms. The van der Waals surface area contributed by atoms with Gasteiger partial charge in [-0.15, -0.1) is 0 Å². The highest BCUT2D eigenvalue weighted by Gasteiger charge is 2.33. The molecule has 0 amide bonds. The average Bonchev–Trinajstić information content (AvgIpc) is 2.34. The highest BCUT2D eigenvalue weighted by atomic mass is 79.9. The van der Waals surface area contributed by atoms with E-state index in [9.17, 15) is 9.65 Å². The first kappa shape index (κ1) is 12.5. The maximum atomic E-state index is 13.0. The van der Waals surface area contributed by atoms with Gasteiger partial charge < -0.3 is 4.74 Å². The summed E-state index contributed by atoms with van der Waals surface area (Å²) in [4.78, 5) is 0. The zero-order valence-corrected chi connectivity index (χ0v) is 11.0. The molecule has 2 nitrogen and oxygen atoms in total. The Bertz CT molecular complexity index is 449. The number of nitriles is 1. The van der Waals surface area contributed by atoms with Crippen molar-refractivity contribution in [1.29, 1.82) is 5.26 Å². The number of hydrogen-bond acceptors (Lipinski definition) is 2. The average molecular weight is 298 g/mol. The molecule has 1 aliphatic rings. The van der Waals surface area contributed by atoms with Gasteiger partial charge in [-0.3, -0.25) is 0 Å². The molecule has 1 aromatic carbocycles. The third kappa shape index (κ3) is 2.85. The standard InChI is InChI=1S/C13H13BrFNO/c14-12-7-11(15)2-1-10(12)8-13(9-16)3-5-17-6-4-13/h1-2,7H,3-6,8H2. The van der Waals surface area contributed by atoms with Gasteiger partial charge in [-0.05, 0) is 37.0 Å². The minimum atomic E-state index is -0.363. The first-order chi connectivity index (χ1) is 8.15. The van der Waals surface area contributed by atoms with Crippen LogP contribution in [-0.4, -0.2) is 13.2 Å². The van der Waals surface area contributed by atoms with Gasteiger partial charge in [-0.25, -0.2) is 4.39 Å². The van der Waals surface area contributed by atoms with E-state index in [-0.39, 0.29) is 11.2 Å². The third-order valence-electron chi connectivity index (χ3n) is 3.23. The second-order valence-corrected chi connectivity index (χ2v) is 5.27. The summed E-state index contributed by atoms with van der Waals surface area (Å²) >= 11 is 3.35. The lowest BCUT2D eigenvalue weighted by atomic mass is 9.76. The van der Waals surface area contributed by atoms with Crippen molar-refractivity contribution in [3.8, 4) is 6.07 Å². The van der Waals surface area contributed by atoms with Crippen LogP contribution in [0.2, 0.25) is 0 Å². The predicted octanol–water partition coefficient (Wildman–Crippen LogP) is 3.45. The maximum Gasteiger partial charge on any atom is 0.124 e. The number of ether oxygens (including phenoxy) is 1. The smallest absolute Gasteiger partial charge is 0.124 e. The van der Waals surface area contributed by atoms with E-state index in [1.165, 1.54) is 12.1 Å². The van der Waals surface area contributed by atoms with Crippen molar-refractivity contribution in [2.24, 2.45) is 5.41 Å². The molecule has 1 aromatic rings. The van der Waals surface area contributed by atoms with Crippen LogP contribution in [0.1, 0.15) is 18.4 Å². The zero-order valence-electron chi connectivity index (χ0n) is 9.38. The lowest BCUT2D eigenvalue weighted by molar-refractivity contribution is 0.0406. The molecule has 1 fully saturated rings. The van der Waals surface area contributed by atoms with Gasteiger partial charge >= 0.3 is 0 Å². The minimum absolute atomic E-state index is 0.265. The van der Waals surface area contributed by atoms with Crippen LogP contribution >= 0.6 is 15.9 Å². The molecule has 90 valence electrons. The van der Waals surface area contributed by atoms with Crippen LogP contribution in [0.4, 0.5) is 4.39 Å². The molecule has 1 saturated heterocycles. The maximum absolute atomic E-state index is 13.0. The summed E-state index contributed by atoms with van der Waals surface area (Å²) < 4.78 is 19.0. The fraction of sp³-hybridized carbons (Fsp3) is 0.462. The molecule has 0 radical (unpaired) electrons. The number of nitrogens with zero attached hydrogens (tertiary/aromatic N) is 1. The van der Waals surface area contributed by atoms with E-state index in [2.05, 4.69) is 22.0 Å². The number of hydrogen-bond donors (Lipinski definition) is 0. The van der Waals surface area contributed by atoms with Crippen molar-refractivity contribution in [3.05, 3.63) is 34.1 Å². The van der Waals surface area contributed by atoms with Crippen LogP contribution in [-0.2, 0) is 11.2 Å². The summed E-state index contributed by atoms with van der Waals surface area (Å²) in [6.45, 7) is 1.26. The van der Waals surface area contributed by atoms with E-state index in [1.54, 1.807) is 6.07 Å². The number of rotatable bonds is 2. The van der Waals surface area contributed by atoms with Gasteiger partial charge in [0.25, 0.3) is 0 Å². The van der Waals surface area contributed by atoms with E-state index < -0.39 is 0 Å². The first-order valence-corrected chi connectivity index (χ1v) is 6.37. The quantitative estimate of drug-likeness (QED) is 0.838. The number of halogens is 2. The van der Waals surface area contributed by atoms with Crippen molar-refractivity contribution in [2.45, 2.75) is 19.3 Å². The normalized spacial score (nSPS) is 18.6. The molecule has 0 unspecified atom stereocenters. The van der Waals surface area contributed by atoms with E-state index in [0.717, 1.165) is 22.9 Å². The summed E-state index contributed by atoms with van der Waals surface area (Å²) in [5.41, 5.74) is 0.619. The molecule has 0 saturated carbocycles. The zero-order chi connectivity index (χ0) is 12.3. The van der Waals surface area contributed by atoms with Crippen molar-refractivity contribution >= 4 is 15.9 Å². The fourth-order valence-electron chi connectivity index (χ4n) is 2.12. The van der Waals surface area contributed by atoms with Gasteiger partial charge in [0, 0.05) is 17.7 Å². The summed E-state index contributed by atoms with van der Waals surface area (Å²) in [6.07, 6.45) is 2.13. The van der Waals surface area contributed by atoms with Crippen LogP contribution < -0.4 is 0 Å². The second kappa shape index (κ2) is 5.16. The molecule has 0 spiro atoms. The molecule has 1 aliphatic heterocycles. The SMILES string of the molecule is N#CC1(Cc2ccc(F)cc2Br)CCOCC1. The predicted molar refractivity (Wildman–Crippen MR) is 65.9 cm³/mol. The molecule has 1 heterocycles. The lowest BCUT2D eigenvalue weighted by Crippen LogP contribution is -2.30. The Morgan fingerprint density at radius 2 is 2.12 bits per heavy atom.